The minimum absolute atomic E-state index is 0.669. The van der Waals surface area contributed by atoms with Crippen LogP contribution in [0.25, 0.3) is 33.2 Å². The summed E-state index contributed by atoms with van der Waals surface area (Å²) in [7, 11) is 0. The SMILES string of the molecule is N#C/C(=C\c1c2ccccc2c(Cl)c2ccccc12)c1cccs1. The molecule has 0 bridgehead atoms. The van der Waals surface area contributed by atoms with Gasteiger partial charge >= 0.3 is 0 Å². The van der Waals surface area contributed by atoms with Crippen molar-refractivity contribution in [2.75, 3.05) is 0 Å². The molecule has 4 aromatic rings. The van der Waals surface area contributed by atoms with E-state index in [0.29, 0.717) is 5.57 Å². The van der Waals surface area contributed by atoms with Crippen molar-refractivity contribution in [2.24, 2.45) is 0 Å². The van der Waals surface area contributed by atoms with Crippen LogP contribution < -0.4 is 0 Å². The summed E-state index contributed by atoms with van der Waals surface area (Å²) in [5.41, 5.74) is 1.71. The number of hydrogen-bond acceptors (Lipinski definition) is 2. The molecule has 0 N–H and O–H groups in total. The molecule has 0 saturated heterocycles. The van der Waals surface area contributed by atoms with Gasteiger partial charge in [0.05, 0.1) is 10.6 Å². The molecule has 0 spiro atoms. The average molecular weight is 346 g/mol. The quantitative estimate of drug-likeness (QED) is 0.290. The Balaban J connectivity index is 2.14. The topological polar surface area (TPSA) is 23.8 Å². The Morgan fingerprint density at radius 2 is 1.46 bits per heavy atom. The molecule has 0 saturated carbocycles. The largest absolute Gasteiger partial charge is 0.192 e. The van der Waals surface area contributed by atoms with Crippen LogP contribution in [0.4, 0.5) is 0 Å². The van der Waals surface area contributed by atoms with Gasteiger partial charge in [0, 0.05) is 15.6 Å². The standard InChI is InChI=1S/C21H12ClNS/c22-21-17-8-3-1-6-15(17)19(16-7-2-4-9-18(16)21)12-14(13-23)20-10-5-11-24-20/h1-12H/b14-12+. The lowest BCUT2D eigenvalue weighted by Crippen LogP contribution is -1.87. The van der Waals surface area contributed by atoms with Crippen LogP contribution >= 0.6 is 22.9 Å². The van der Waals surface area contributed by atoms with E-state index in [4.69, 9.17) is 11.6 Å². The highest BCUT2D eigenvalue weighted by atomic mass is 35.5. The summed E-state index contributed by atoms with van der Waals surface area (Å²) in [4.78, 5) is 0.973. The number of nitriles is 1. The molecule has 114 valence electrons. The first-order chi connectivity index (χ1) is 11.8. The predicted molar refractivity (Wildman–Crippen MR) is 104 cm³/mol. The second-order valence-electron chi connectivity index (χ2n) is 5.47. The number of halogens is 1. The van der Waals surface area contributed by atoms with Gasteiger partial charge in [-0.3, -0.25) is 0 Å². The van der Waals surface area contributed by atoms with E-state index in [9.17, 15) is 5.26 Å². The number of hydrogen-bond donors (Lipinski definition) is 0. The average Bonchev–Trinajstić information content (AvgIpc) is 3.16. The zero-order valence-electron chi connectivity index (χ0n) is 12.7. The molecule has 3 heteroatoms. The molecule has 0 fully saturated rings. The van der Waals surface area contributed by atoms with E-state index >= 15 is 0 Å². The van der Waals surface area contributed by atoms with E-state index in [2.05, 4.69) is 18.2 Å². The molecule has 1 nitrogen and oxygen atoms in total. The Labute approximate surface area is 149 Å². The van der Waals surface area contributed by atoms with Crippen LogP contribution in [0.5, 0.6) is 0 Å². The lowest BCUT2D eigenvalue weighted by Gasteiger charge is -2.11. The van der Waals surface area contributed by atoms with E-state index in [1.54, 1.807) is 11.3 Å². The van der Waals surface area contributed by atoms with Crippen LogP contribution in [0.1, 0.15) is 10.4 Å². The highest BCUT2D eigenvalue weighted by Gasteiger charge is 2.12. The fraction of sp³-hybridized carbons (Fsp3) is 0. The zero-order valence-corrected chi connectivity index (χ0v) is 14.2. The Morgan fingerprint density at radius 3 is 1.96 bits per heavy atom. The van der Waals surface area contributed by atoms with Crippen LogP contribution in [0, 0.1) is 11.3 Å². The minimum atomic E-state index is 0.669. The second kappa shape index (κ2) is 6.13. The summed E-state index contributed by atoms with van der Waals surface area (Å²) in [5, 5.41) is 16.5. The smallest absolute Gasteiger partial charge is 0.101 e. The molecule has 3 aromatic carbocycles. The number of thiophene rings is 1. The van der Waals surface area contributed by atoms with Gasteiger partial charge in [0.2, 0.25) is 0 Å². The summed E-state index contributed by atoms with van der Waals surface area (Å²) < 4.78 is 0. The number of rotatable bonds is 2. The van der Waals surface area contributed by atoms with Crippen LogP contribution in [0.2, 0.25) is 5.02 Å². The van der Waals surface area contributed by atoms with Crippen LogP contribution in [-0.4, -0.2) is 0 Å². The van der Waals surface area contributed by atoms with Gasteiger partial charge in [0.1, 0.15) is 6.07 Å². The highest BCUT2D eigenvalue weighted by Crippen LogP contribution is 2.38. The van der Waals surface area contributed by atoms with Crippen molar-refractivity contribution >= 4 is 56.1 Å². The Hall–Kier alpha value is -2.60. The van der Waals surface area contributed by atoms with Crippen LogP contribution in [-0.2, 0) is 0 Å². The summed E-state index contributed by atoms with van der Waals surface area (Å²) >= 11 is 8.20. The van der Waals surface area contributed by atoms with Crippen molar-refractivity contribution in [1.82, 2.24) is 0 Å². The van der Waals surface area contributed by atoms with Crippen molar-refractivity contribution in [3.63, 3.8) is 0 Å². The molecule has 0 amide bonds. The van der Waals surface area contributed by atoms with Crippen molar-refractivity contribution < 1.29 is 0 Å². The Morgan fingerprint density at radius 1 is 0.875 bits per heavy atom. The van der Waals surface area contributed by atoms with E-state index in [-0.39, 0.29) is 0 Å². The number of benzene rings is 3. The normalized spacial score (nSPS) is 11.8. The Kier molecular flexibility index (Phi) is 3.82. The first-order valence-corrected chi connectivity index (χ1v) is 8.80. The highest BCUT2D eigenvalue weighted by molar-refractivity contribution is 7.11. The summed E-state index contributed by atoms with van der Waals surface area (Å²) in [6.07, 6.45) is 1.98. The lowest BCUT2D eigenvalue weighted by atomic mass is 9.95. The van der Waals surface area contributed by atoms with Crippen molar-refractivity contribution in [3.8, 4) is 6.07 Å². The number of fused-ring (bicyclic) bond motifs is 2. The van der Waals surface area contributed by atoms with E-state index < -0.39 is 0 Å². The van der Waals surface area contributed by atoms with E-state index in [0.717, 1.165) is 37.0 Å². The third-order valence-corrected chi connectivity index (χ3v) is 5.41. The summed E-state index contributed by atoms with van der Waals surface area (Å²) in [6.45, 7) is 0. The molecular weight excluding hydrogens is 334 g/mol. The van der Waals surface area contributed by atoms with Gasteiger partial charge in [-0.2, -0.15) is 5.26 Å². The third-order valence-electron chi connectivity index (χ3n) is 4.10. The molecule has 0 radical (unpaired) electrons. The molecule has 0 aliphatic carbocycles. The molecule has 0 unspecified atom stereocenters. The monoisotopic (exact) mass is 345 g/mol. The molecule has 0 atom stereocenters. The van der Waals surface area contributed by atoms with Crippen molar-refractivity contribution in [2.45, 2.75) is 0 Å². The first-order valence-electron chi connectivity index (χ1n) is 7.54. The van der Waals surface area contributed by atoms with E-state index in [1.165, 1.54) is 0 Å². The van der Waals surface area contributed by atoms with Gasteiger partial charge in [-0.1, -0.05) is 66.2 Å². The van der Waals surface area contributed by atoms with Gasteiger partial charge in [-0.15, -0.1) is 11.3 Å². The van der Waals surface area contributed by atoms with Crippen molar-refractivity contribution in [1.29, 1.82) is 5.26 Å². The lowest BCUT2D eigenvalue weighted by molar-refractivity contribution is 1.54. The number of allylic oxidation sites excluding steroid dienone is 1. The maximum Gasteiger partial charge on any atom is 0.101 e. The molecule has 24 heavy (non-hydrogen) atoms. The van der Waals surface area contributed by atoms with Gasteiger partial charge < -0.3 is 0 Å². The van der Waals surface area contributed by atoms with Gasteiger partial charge in [-0.05, 0) is 33.9 Å². The Bertz CT molecular complexity index is 1060. The number of nitrogens with zero attached hydrogens (tertiary/aromatic N) is 1. The zero-order chi connectivity index (χ0) is 16.5. The fourth-order valence-electron chi connectivity index (χ4n) is 3.00. The first kappa shape index (κ1) is 15.0. The molecular formula is C21H12ClNS. The van der Waals surface area contributed by atoms with Gasteiger partial charge in [0.15, 0.2) is 0 Å². The fourth-order valence-corrected chi connectivity index (χ4v) is 4.02. The molecule has 0 aliphatic rings. The maximum absolute atomic E-state index is 9.62. The van der Waals surface area contributed by atoms with Crippen LogP contribution in [0.3, 0.4) is 0 Å². The molecule has 1 heterocycles. The third kappa shape index (κ3) is 2.39. The summed E-state index contributed by atoms with van der Waals surface area (Å²) in [5.74, 6) is 0. The second-order valence-corrected chi connectivity index (χ2v) is 6.79. The maximum atomic E-state index is 9.62. The van der Waals surface area contributed by atoms with E-state index in [1.807, 2.05) is 60.0 Å². The van der Waals surface area contributed by atoms with Crippen LogP contribution in [0.15, 0.2) is 66.0 Å². The molecule has 4 rings (SSSR count). The van der Waals surface area contributed by atoms with Gasteiger partial charge in [-0.25, -0.2) is 0 Å². The van der Waals surface area contributed by atoms with Gasteiger partial charge in [0.25, 0.3) is 0 Å². The summed E-state index contributed by atoms with van der Waals surface area (Å²) in [6, 6.07) is 22.4. The minimum Gasteiger partial charge on any atom is -0.192 e. The van der Waals surface area contributed by atoms with Crippen molar-refractivity contribution in [3.05, 3.63) is 81.5 Å². The molecule has 0 aliphatic heterocycles. The predicted octanol–water partition coefficient (Wildman–Crippen LogP) is 6.77. The molecule has 1 aromatic heterocycles.